The van der Waals surface area contributed by atoms with Crippen molar-refractivity contribution in [3.8, 4) is 0 Å². The van der Waals surface area contributed by atoms with E-state index in [1.54, 1.807) is 0 Å². The van der Waals surface area contributed by atoms with E-state index < -0.39 is 42.7 Å². The number of anilines is 1. The molecule has 1 fully saturated rings. The zero-order valence-corrected chi connectivity index (χ0v) is 13.0. The van der Waals surface area contributed by atoms with Crippen LogP contribution in [0, 0.1) is 5.82 Å². The van der Waals surface area contributed by atoms with Crippen LogP contribution in [0.4, 0.5) is 19.3 Å². The number of nitrogens with zero attached hydrogens (tertiary/aromatic N) is 1. The average Bonchev–Trinajstić information content (AvgIpc) is 2.80. The summed E-state index contributed by atoms with van der Waals surface area (Å²) in [5, 5.41) is 11.3. The van der Waals surface area contributed by atoms with Crippen molar-refractivity contribution in [2.24, 2.45) is 0 Å². The number of nitrogens with one attached hydrogen (secondary N) is 1. The van der Waals surface area contributed by atoms with Crippen molar-refractivity contribution in [1.82, 2.24) is 4.90 Å². The van der Waals surface area contributed by atoms with E-state index in [1.165, 1.54) is 25.3 Å². The fraction of sp³-hybridized carbons (Fsp3) is 0.385. The molecule has 0 saturated carbocycles. The maximum Gasteiger partial charge on any atom is 0.408 e. The summed E-state index contributed by atoms with van der Waals surface area (Å²) >= 11 is 2.97. The number of methoxy groups -OCH3 is 1. The Balaban J connectivity index is 2.25. The van der Waals surface area contributed by atoms with Crippen LogP contribution in [-0.4, -0.2) is 54.0 Å². The Bertz CT molecular complexity index is 601. The monoisotopic (exact) mass is 378 g/mol. The van der Waals surface area contributed by atoms with Gasteiger partial charge in [-0.25, -0.2) is 13.6 Å². The highest BCUT2D eigenvalue weighted by atomic mass is 79.9. The lowest BCUT2D eigenvalue weighted by Crippen LogP contribution is -2.48. The van der Waals surface area contributed by atoms with E-state index in [2.05, 4.69) is 21.2 Å². The van der Waals surface area contributed by atoms with Crippen molar-refractivity contribution in [3.63, 3.8) is 0 Å². The van der Waals surface area contributed by atoms with Gasteiger partial charge in [0.2, 0.25) is 5.91 Å². The van der Waals surface area contributed by atoms with Crippen LogP contribution in [0.25, 0.3) is 0 Å². The van der Waals surface area contributed by atoms with Gasteiger partial charge in [-0.05, 0) is 28.1 Å². The first-order valence-electron chi connectivity index (χ1n) is 6.28. The first-order valence-corrected chi connectivity index (χ1v) is 7.07. The lowest BCUT2D eigenvalue weighted by molar-refractivity contribution is -0.123. The molecule has 120 valence electrons. The quantitative estimate of drug-likeness (QED) is 0.845. The minimum atomic E-state index is -1.63. The zero-order valence-electron chi connectivity index (χ0n) is 11.4. The van der Waals surface area contributed by atoms with E-state index >= 15 is 0 Å². The molecule has 1 saturated heterocycles. The number of halogens is 3. The minimum absolute atomic E-state index is 0.137. The second kappa shape index (κ2) is 6.57. The molecule has 1 aromatic carbocycles. The molecular weight excluding hydrogens is 366 g/mol. The summed E-state index contributed by atoms with van der Waals surface area (Å²) in [5.74, 6) is -1.56. The molecule has 0 aromatic heterocycles. The summed E-state index contributed by atoms with van der Waals surface area (Å²) < 4.78 is 32.7. The summed E-state index contributed by atoms with van der Waals surface area (Å²) in [6, 6.07) is 2.86. The highest BCUT2D eigenvalue weighted by molar-refractivity contribution is 9.10. The molecule has 6 nitrogen and oxygen atoms in total. The number of hydrogen-bond donors (Lipinski definition) is 2. The predicted molar refractivity (Wildman–Crippen MR) is 76.9 cm³/mol. The van der Waals surface area contributed by atoms with Gasteiger partial charge in [0.15, 0.2) is 5.82 Å². The van der Waals surface area contributed by atoms with Gasteiger partial charge in [-0.3, -0.25) is 9.69 Å². The topological polar surface area (TPSA) is 78.9 Å². The Kier molecular flexibility index (Phi) is 4.97. The molecule has 0 radical (unpaired) electrons. The third-order valence-corrected chi connectivity index (χ3v) is 3.98. The Morgan fingerprint density at radius 3 is 2.77 bits per heavy atom. The Morgan fingerprint density at radius 1 is 1.50 bits per heavy atom. The molecule has 2 amide bonds. The maximum absolute atomic E-state index is 13.9. The number of hydrogen-bond acceptors (Lipinski definition) is 3. The minimum Gasteiger partial charge on any atom is -0.465 e. The molecule has 0 aliphatic carbocycles. The molecule has 2 N–H and O–H groups in total. The van der Waals surface area contributed by atoms with Crippen LogP contribution in [0.1, 0.15) is 0 Å². The number of benzene rings is 1. The van der Waals surface area contributed by atoms with Crippen LogP contribution in [0.2, 0.25) is 0 Å². The van der Waals surface area contributed by atoms with E-state index in [0.29, 0.717) is 4.90 Å². The van der Waals surface area contributed by atoms with Gasteiger partial charge >= 0.3 is 6.09 Å². The molecule has 2 rings (SSSR count). The fourth-order valence-corrected chi connectivity index (χ4v) is 2.72. The van der Waals surface area contributed by atoms with E-state index in [9.17, 15) is 18.4 Å². The first-order chi connectivity index (χ1) is 10.4. The van der Waals surface area contributed by atoms with Gasteiger partial charge in [-0.2, -0.15) is 0 Å². The first kappa shape index (κ1) is 16.6. The number of likely N-dealkylation sites (tertiary alicyclic amines) is 1. The normalized spacial score (nSPS) is 24.4. The van der Waals surface area contributed by atoms with Crippen LogP contribution in [0.5, 0.6) is 0 Å². The average molecular weight is 379 g/mol. The number of ether oxygens (including phenoxy) is 1. The van der Waals surface area contributed by atoms with Gasteiger partial charge in [0.05, 0.1) is 16.7 Å². The molecule has 1 aromatic rings. The Hall–Kier alpha value is -1.74. The summed E-state index contributed by atoms with van der Waals surface area (Å²) in [5.41, 5.74) is -0.137. The molecule has 1 heterocycles. The van der Waals surface area contributed by atoms with Gasteiger partial charge in [0, 0.05) is 7.11 Å². The summed E-state index contributed by atoms with van der Waals surface area (Å²) in [7, 11) is 1.18. The number of alkyl halides is 1. The van der Waals surface area contributed by atoms with Crippen molar-refractivity contribution in [1.29, 1.82) is 0 Å². The Labute approximate surface area is 133 Å². The molecular formula is C13H13BrF2N2O4. The lowest BCUT2D eigenvalue weighted by atomic mass is 10.1. The smallest absolute Gasteiger partial charge is 0.408 e. The number of carbonyl (C=O) groups is 2. The van der Waals surface area contributed by atoms with E-state index in [4.69, 9.17) is 9.84 Å². The Morgan fingerprint density at radius 2 is 2.18 bits per heavy atom. The summed E-state index contributed by atoms with van der Waals surface area (Å²) in [6.07, 6.45) is -4.33. The molecule has 0 bridgehead atoms. The van der Waals surface area contributed by atoms with Crippen molar-refractivity contribution in [2.45, 2.75) is 18.3 Å². The molecule has 0 spiro atoms. The SMILES string of the molecule is CO[C@H]1[C@@H](C(=O)Nc2cccc(Br)c2F)N(C(=O)O)C[C@@H]1F. The summed E-state index contributed by atoms with van der Waals surface area (Å²) in [6.45, 7) is -0.479. The highest BCUT2D eigenvalue weighted by Crippen LogP contribution is 2.27. The third-order valence-electron chi connectivity index (χ3n) is 3.37. The molecule has 9 heteroatoms. The largest absolute Gasteiger partial charge is 0.465 e. The molecule has 1 aliphatic heterocycles. The standard InChI is InChI=1S/C13H13BrF2N2O4/c1-22-11-7(15)5-18(13(20)21)10(11)12(19)17-8-4-2-3-6(14)9(8)16/h2-4,7,10-11H,5H2,1H3,(H,17,19)(H,20,21)/t7-,10-,11+/m0/s1. The fourth-order valence-electron chi connectivity index (χ4n) is 2.35. The van der Waals surface area contributed by atoms with Gasteiger partial charge in [0.25, 0.3) is 0 Å². The van der Waals surface area contributed by atoms with E-state index in [-0.39, 0.29) is 10.2 Å². The van der Waals surface area contributed by atoms with Crippen LogP contribution >= 0.6 is 15.9 Å². The van der Waals surface area contributed by atoms with Crippen LogP contribution in [0.15, 0.2) is 22.7 Å². The lowest BCUT2D eigenvalue weighted by Gasteiger charge is -2.24. The second-order valence-electron chi connectivity index (χ2n) is 4.69. The van der Waals surface area contributed by atoms with Gasteiger partial charge < -0.3 is 15.2 Å². The molecule has 3 atom stereocenters. The summed E-state index contributed by atoms with van der Waals surface area (Å²) in [4.78, 5) is 24.0. The highest BCUT2D eigenvalue weighted by Gasteiger charge is 2.49. The molecule has 1 aliphatic rings. The maximum atomic E-state index is 13.9. The number of carboxylic acid groups (broad SMARTS) is 1. The second-order valence-corrected chi connectivity index (χ2v) is 5.54. The van der Waals surface area contributed by atoms with Gasteiger partial charge in [-0.1, -0.05) is 6.07 Å². The van der Waals surface area contributed by atoms with Crippen LogP contribution in [0.3, 0.4) is 0 Å². The van der Waals surface area contributed by atoms with Crippen molar-refractivity contribution >= 4 is 33.6 Å². The number of carbonyl (C=O) groups excluding carboxylic acids is 1. The molecule has 0 unspecified atom stereocenters. The van der Waals surface area contributed by atoms with Crippen molar-refractivity contribution in [2.75, 3.05) is 19.0 Å². The third kappa shape index (κ3) is 3.05. The van der Waals surface area contributed by atoms with Gasteiger partial charge in [0.1, 0.15) is 18.3 Å². The van der Waals surface area contributed by atoms with E-state index in [1.807, 2.05) is 0 Å². The van der Waals surface area contributed by atoms with E-state index in [0.717, 1.165) is 0 Å². The predicted octanol–water partition coefficient (Wildman–Crippen LogP) is 2.24. The van der Waals surface area contributed by atoms with Crippen LogP contribution < -0.4 is 5.32 Å². The zero-order chi connectivity index (χ0) is 16.4. The number of rotatable bonds is 3. The van der Waals surface area contributed by atoms with Gasteiger partial charge in [-0.15, -0.1) is 0 Å². The number of amides is 2. The van der Waals surface area contributed by atoms with Crippen LogP contribution in [-0.2, 0) is 9.53 Å². The van der Waals surface area contributed by atoms with Crippen molar-refractivity contribution < 1.29 is 28.2 Å². The molecule has 22 heavy (non-hydrogen) atoms. The van der Waals surface area contributed by atoms with Crippen molar-refractivity contribution in [3.05, 3.63) is 28.5 Å².